The Balaban J connectivity index is 2.68. The summed E-state index contributed by atoms with van der Waals surface area (Å²) in [4.78, 5) is 21.2. The monoisotopic (exact) mass is 222 g/mol. The van der Waals surface area contributed by atoms with Crippen molar-refractivity contribution in [3.63, 3.8) is 0 Å². The van der Waals surface area contributed by atoms with Crippen LogP contribution < -0.4 is 5.73 Å². The van der Waals surface area contributed by atoms with Crippen LogP contribution >= 0.6 is 0 Å². The Bertz CT molecular complexity index is 387. The van der Waals surface area contributed by atoms with Crippen molar-refractivity contribution in [3.05, 3.63) is 39.9 Å². The Morgan fingerprint density at radius 3 is 2.44 bits per heavy atom. The van der Waals surface area contributed by atoms with Gasteiger partial charge in [-0.3, -0.25) is 14.9 Å². The van der Waals surface area contributed by atoms with Crippen molar-refractivity contribution in [2.24, 2.45) is 5.73 Å². The minimum Gasteiger partial charge on any atom is -0.321 e. The molecular formula is C11H14N2O3. The average Bonchev–Trinajstić information content (AvgIpc) is 2.28. The van der Waals surface area contributed by atoms with E-state index < -0.39 is 11.0 Å². The lowest BCUT2D eigenvalue weighted by atomic mass is 10.0. The van der Waals surface area contributed by atoms with Crippen molar-refractivity contribution < 1.29 is 9.72 Å². The molecular weight excluding hydrogens is 208 g/mol. The van der Waals surface area contributed by atoms with Gasteiger partial charge >= 0.3 is 0 Å². The zero-order valence-electron chi connectivity index (χ0n) is 9.05. The van der Waals surface area contributed by atoms with E-state index >= 15 is 0 Å². The molecule has 0 heterocycles. The third-order valence-corrected chi connectivity index (χ3v) is 2.36. The molecule has 1 unspecified atom stereocenters. The first kappa shape index (κ1) is 12.3. The number of nitro benzene ring substituents is 1. The Kier molecular flexibility index (Phi) is 4.13. The van der Waals surface area contributed by atoms with E-state index in [2.05, 4.69) is 0 Å². The third kappa shape index (κ3) is 3.13. The van der Waals surface area contributed by atoms with Crippen LogP contribution in [-0.2, 0) is 11.2 Å². The van der Waals surface area contributed by atoms with Crippen molar-refractivity contribution in [1.82, 2.24) is 0 Å². The quantitative estimate of drug-likeness (QED) is 0.603. The van der Waals surface area contributed by atoms with Crippen LogP contribution in [0.1, 0.15) is 18.9 Å². The van der Waals surface area contributed by atoms with E-state index in [-0.39, 0.29) is 11.5 Å². The third-order valence-electron chi connectivity index (χ3n) is 2.36. The zero-order valence-corrected chi connectivity index (χ0v) is 9.05. The zero-order chi connectivity index (χ0) is 12.1. The average molecular weight is 222 g/mol. The van der Waals surface area contributed by atoms with Crippen LogP contribution in [0.5, 0.6) is 0 Å². The van der Waals surface area contributed by atoms with Crippen molar-refractivity contribution in [2.45, 2.75) is 25.8 Å². The van der Waals surface area contributed by atoms with Gasteiger partial charge in [0, 0.05) is 18.6 Å². The molecule has 0 aliphatic carbocycles. The van der Waals surface area contributed by atoms with Crippen LogP contribution in [0.25, 0.3) is 0 Å². The highest BCUT2D eigenvalue weighted by molar-refractivity contribution is 5.83. The fourth-order valence-corrected chi connectivity index (χ4v) is 1.38. The molecule has 0 aliphatic heterocycles. The van der Waals surface area contributed by atoms with Crippen LogP contribution in [0.3, 0.4) is 0 Å². The van der Waals surface area contributed by atoms with E-state index in [1.165, 1.54) is 12.1 Å². The van der Waals surface area contributed by atoms with Gasteiger partial charge < -0.3 is 5.73 Å². The van der Waals surface area contributed by atoms with E-state index in [1.54, 1.807) is 19.1 Å². The topological polar surface area (TPSA) is 86.2 Å². The van der Waals surface area contributed by atoms with Crippen LogP contribution in [0.2, 0.25) is 0 Å². The van der Waals surface area contributed by atoms with E-state index in [9.17, 15) is 14.9 Å². The fraction of sp³-hybridized carbons (Fsp3) is 0.364. The predicted octanol–water partition coefficient (Wildman–Crippen LogP) is 1.44. The maximum absolute atomic E-state index is 11.3. The number of carbonyl (C=O) groups excluding carboxylic acids is 1. The van der Waals surface area contributed by atoms with Gasteiger partial charge in [-0.1, -0.05) is 19.1 Å². The summed E-state index contributed by atoms with van der Waals surface area (Å²) in [5.41, 5.74) is 6.55. The molecule has 0 saturated heterocycles. The maximum Gasteiger partial charge on any atom is 0.269 e. The van der Waals surface area contributed by atoms with Crippen LogP contribution in [0, 0.1) is 10.1 Å². The normalized spacial score (nSPS) is 12.1. The van der Waals surface area contributed by atoms with Crippen LogP contribution in [-0.4, -0.2) is 16.7 Å². The van der Waals surface area contributed by atoms with E-state index in [0.717, 1.165) is 5.56 Å². The first-order valence-corrected chi connectivity index (χ1v) is 5.06. The second-order valence-corrected chi connectivity index (χ2v) is 3.55. The smallest absolute Gasteiger partial charge is 0.269 e. The van der Waals surface area contributed by atoms with Crippen LogP contribution in [0.15, 0.2) is 24.3 Å². The van der Waals surface area contributed by atoms with Crippen molar-refractivity contribution >= 4 is 11.5 Å². The van der Waals surface area contributed by atoms with Gasteiger partial charge in [0.15, 0.2) is 0 Å². The fourth-order valence-electron chi connectivity index (χ4n) is 1.38. The number of rotatable bonds is 5. The maximum atomic E-state index is 11.3. The van der Waals surface area contributed by atoms with Crippen molar-refractivity contribution in [2.75, 3.05) is 0 Å². The summed E-state index contributed by atoms with van der Waals surface area (Å²) in [5, 5.41) is 10.4. The highest BCUT2D eigenvalue weighted by atomic mass is 16.6. The van der Waals surface area contributed by atoms with Gasteiger partial charge in [-0.15, -0.1) is 0 Å². The molecule has 2 N–H and O–H groups in total. The lowest BCUT2D eigenvalue weighted by Gasteiger charge is -2.08. The number of nitrogens with two attached hydrogens (primary N) is 1. The number of non-ortho nitro benzene ring substituents is 1. The minimum absolute atomic E-state index is 0.00153. The molecule has 0 amide bonds. The summed E-state index contributed by atoms with van der Waals surface area (Å²) in [6.07, 6.45) is 0.832. The number of hydrogen-bond acceptors (Lipinski definition) is 4. The summed E-state index contributed by atoms with van der Waals surface area (Å²) >= 11 is 0. The molecule has 0 aliphatic rings. The molecule has 0 radical (unpaired) electrons. The van der Waals surface area contributed by atoms with Crippen molar-refractivity contribution in [3.8, 4) is 0 Å². The first-order chi connectivity index (χ1) is 7.54. The molecule has 0 bridgehead atoms. The molecule has 0 fully saturated rings. The van der Waals surface area contributed by atoms with Gasteiger partial charge in [0.2, 0.25) is 0 Å². The Hall–Kier alpha value is -1.75. The lowest BCUT2D eigenvalue weighted by Crippen LogP contribution is -2.32. The van der Waals surface area contributed by atoms with Gasteiger partial charge in [0.1, 0.15) is 5.78 Å². The second-order valence-electron chi connectivity index (χ2n) is 3.55. The lowest BCUT2D eigenvalue weighted by molar-refractivity contribution is -0.384. The Labute approximate surface area is 93.4 Å². The Morgan fingerprint density at radius 2 is 2.00 bits per heavy atom. The van der Waals surface area contributed by atoms with Gasteiger partial charge in [0.05, 0.1) is 11.0 Å². The molecule has 16 heavy (non-hydrogen) atoms. The summed E-state index contributed by atoms with van der Waals surface area (Å²) in [7, 11) is 0. The first-order valence-electron chi connectivity index (χ1n) is 5.06. The number of carbonyl (C=O) groups is 1. The minimum atomic E-state index is -0.522. The molecule has 1 aromatic rings. The molecule has 5 heteroatoms. The second kappa shape index (κ2) is 5.37. The highest BCUT2D eigenvalue weighted by Crippen LogP contribution is 2.13. The molecule has 0 aromatic heterocycles. The molecule has 0 spiro atoms. The molecule has 86 valence electrons. The SMILES string of the molecule is CCC(=O)C(N)Cc1ccc([N+](=O)[O-])cc1. The molecule has 0 saturated carbocycles. The summed E-state index contributed by atoms with van der Waals surface area (Å²) in [6, 6.07) is 5.56. The predicted molar refractivity (Wildman–Crippen MR) is 60.1 cm³/mol. The Morgan fingerprint density at radius 1 is 1.44 bits per heavy atom. The van der Waals surface area contributed by atoms with E-state index in [0.29, 0.717) is 12.8 Å². The standard InChI is InChI=1S/C11H14N2O3/c1-2-11(14)10(12)7-8-3-5-9(6-4-8)13(15)16/h3-6,10H,2,7,12H2,1H3. The molecule has 1 rings (SSSR count). The van der Waals surface area contributed by atoms with Gasteiger partial charge in [-0.05, 0) is 12.0 Å². The number of nitro groups is 1. The van der Waals surface area contributed by atoms with Gasteiger partial charge in [0.25, 0.3) is 5.69 Å². The largest absolute Gasteiger partial charge is 0.321 e. The number of hydrogen-bond donors (Lipinski definition) is 1. The van der Waals surface area contributed by atoms with Gasteiger partial charge in [-0.2, -0.15) is 0 Å². The van der Waals surface area contributed by atoms with E-state index in [1.807, 2.05) is 0 Å². The van der Waals surface area contributed by atoms with E-state index in [4.69, 9.17) is 5.73 Å². The summed E-state index contributed by atoms with van der Waals surface area (Å²) in [6.45, 7) is 1.76. The number of nitrogens with zero attached hydrogens (tertiary/aromatic N) is 1. The van der Waals surface area contributed by atoms with Crippen molar-refractivity contribution in [1.29, 1.82) is 0 Å². The molecule has 5 nitrogen and oxygen atoms in total. The van der Waals surface area contributed by atoms with Crippen LogP contribution in [0.4, 0.5) is 5.69 Å². The number of ketones is 1. The number of Topliss-reactive ketones (excluding diaryl/α,β-unsaturated/α-hetero) is 1. The summed E-state index contributed by atoms with van der Waals surface area (Å²) < 4.78 is 0. The molecule has 1 atom stereocenters. The highest BCUT2D eigenvalue weighted by Gasteiger charge is 2.12. The molecule has 1 aromatic carbocycles. The van der Waals surface area contributed by atoms with Gasteiger partial charge in [-0.25, -0.2) is 0 Å². The number of benzene rings is 1. The summed E-state index contributed by atoms with van der Waals surface area (Å²) in [5.74, 6) is -0.00153.